The Bertz CT molecular complexity index is 1130. The molecule has 2 aromatic carbocycles. The summed E-state index contributed by atoms with van der Waals surface area (Å²) in [5.41, 5.74) is 0.817. The van der Waals surface area contributed by atoms with Gasteiger partial charge in [0.2, 0.25) is 15.9 Å². The molecule has 7 nitrogen and oxygen atoms in total. The maximum atomic E-state index is 13.1. The molecule has 10 heteroatoms. The maximum Gasteiger partial charge on any atom is 0.255 e. The molecule has 1 saturated heterocycles. The fraction of sp³-hybridized carbons (Fsp3) is 0.364. The van der Waals surface area contributed by atoms with E-state index in [1.54, 1.807) is 4.90 Å². The van der Waals surface area contributed by atoms with Gasteiger partial charge >= 0.3 is 0 Å². The van der Waals surface area contributed by atoms with Crippen molar-refractivity contribution >= 4 is 50.7 Å². The molecule has 32 heavy (non-hydrogen) atoms. The van der Waals surface area contributed by atoms with Gasteiger partial charge in [0.25, 0.3) is 5.91 Å². The molecule has 1 heterocycles. The number of carbonyl (C=O) groups excluding carboxylic acids is 2. The van der Waals surface area contributed by atoms with Gasteiger partial charge in [-0.15, -0.1) is 0 Å². The van der Waals surface area contributed by atoms with Crippen LogP contribution in [0, 0.1) is 5.92 Å². The molecule has 0 spiro atoms. The first-order valence-electron chi connectivity index (χ1n) is 10.4. The molecule has 4 rings (SSSR count). The van der Waals surface area contributed by atoms with E-state index in [4.69, 9.17) is 23.2 Å². The highest BCUT2D eigenvalue weighted by Crippen LogP contribution is 2.32. The van der Waals surface area contributed by atoms with Crippen LogP contribution in [0.5, 0.6) is 0 Å². The second-order valence-corrected chi connectivity index (χ2v) is 10.6. The largest absolute Gasteiger partial charge is 0.339 e. The van der Waals surface area contributed by atoms with Crippen LogP contribution in [0.2, 0.25) is 10.0 Å². The summed E-state index contributed by atoms with van der Waals surface area (Å²) in [6.07, 6.45) is 2.57. The van der Waals surface area contributed by atoms with Gasteiger partial charge in [0.1, 0.15) is 4.90 Å². The van der Waals surface area contributed by atoms with E-state index in [1.807, 2.05) is 30.3 Å². The van der Waals surface area contributed by atoms with Crippen LogP contribution in [0.25, 0.3) is 0 Å². The number of anilines is 1. The molecule has 0 aromatic heterocycles. The van der Waals surface area contributed by atoms with Crippen molar-refractivity contribution < 1.29 is 18.0 Å². The van der Waals surface area contributed by atoms with E-state index in [0.29, 0.717) is 25.9 Å². The highest BCUT2D eigenvalue weighted by atomic mass is 35.5. The lowest BCUT2D eigenvalue weighted by Gasteiger charge is -2.31. The minimum absolute atomic E-state index is 0.0315. The van der Waals surface area contributed by atoms with Gasteiger partial charge in [-0.25, -0.2) is 13.1 Å². The van der Waals surface area contributed by atoms with Crippen LogP contribution in [0.4, 0.5) is 5.69 Å². The SMILES string of the molecule is O=C(Nc1ccccc1)C1CCN(C(=O)c2cc(S(=O)(=O)NC3CC3)c(Cl)cc2Cl)CC1. The molecule has 2 fully saturated rings. The van der Waals surface area contributed by atoms with Gasteiger partial charge in [0, 0.05) is 30.7 Å². The second kappa shape index (κ2) is 9.39. The van der Waals surface area contributed by atoms with E-state index < -0.39 is 10.0 Å². The predicted octanol–water partition coefficient (Wildman–Crippen LogP) is 3.93. The summed E-state index contributed by atoms with van der Waals surface area (Å²) in [5.74, 6) is -0.664. The number of benzene rings is 2. The Morgan fingerprint density at radius 3 is 2.22 bits per heavy atom. The first-order chi connectivity index (χ1) is 15.2. The van der Waals surface area contributed by atoms with Crippen LogP contribution in [0.15, 0.2) is 47.4 Å². The predicted molar refractivity (Wildman–Crippen MR) is 124 cm³/mol. The molecule has 1 aliphatic carbocycles. The van der Waals surface area contributed by atoms with Gasteiger partial charge in [0.05, 0.1) is 15.6 Å². The zero-order chi connectivity index (χ0) is 22.9. The van der Waals surface area contributed by atoms with Crippen molar-refractivity contribution in [3.63, 3.8) is 0 Å². The van der Waals surface area contributed by atoms with Crippen molar-refractivity contribution in [2.75, 3.05) is 18.4 Å². The van der Waals surface area contributed by atoms with Gasteiger partial charge in [-0.05, 0) is 49.9 Å². The highest BCUT2D eigenvalue weighted by molar-refractivity contribution is 7.89. The second-order valence-electron chi connectivity index (χ2n) is 8.08. The van der Waals surface area contributed by atoms with Crippen LogP contribution in [-0.4, -0.2) is 44.3 Å². The van der Waals surface area contributed by atoms with Crippen LogP contribution >= 0.6 is 23.2 Å². The number of nitrogens with zero attached hydrogens (tertiary/aromatic N) is 1. The summed E-state index contributed by atoms with van der Waals surface area (Å²) >= 11 is 12.4. The standard InChI is InChI=1S/C22H23Cl2N3O4S/c23-18-13-19(24)20(32(30,31)26-16-6-7-16)12-17(18)22(29)27-10-8-14(9-11-27)21(28)25-15-4-2-1-3-5-15/h1-5,12-14,16,26H,6-11H2,(H,25,28). The summed E-state index contributed by atoms with van der Waals surface area (Å²) in [4.78, 5) is 27.1. The summed E-state index contributed by atoms with van der Waals surface area (Å²) in [6, 6.07) is 11.7. The Morgan fingerprint density at radius 2 is 1.59 bits per heavy atom. The number of carbonyl (C=O) groups is 2. The van der Waals surface area contributed by atoms with Crippen molar-refractivity contribution in [1.82, 2.24) is 9.62 Å². The van der Waals surface area contributed by atoms with Crippen molar-refractivity contribution in [1.29, 1.82) is 0 Å². The Labute approximate surface area is 197 Å². The van der Waals surface area contributed by atoms with E-state index >= 15 is 0 Å². The molecule has 2 amide bonds. The average Bonchev–Trinajstić information content (AvgIpc) is 3.57. The molecule has 2 N–H and O–H groups in total. The maximum absolute atomic E-state index is 13.1. The molecule has 0 radical (unpaired) electrons. The lowest BCUT2D eigenvalue weighted by Crippen LogP contribution is -2.41. The quantitative estimate of drug-likeness (QED) is 0.634. The number of sulfonamides is 1. The van der Waals surface area contributed by atoms with E-state index in [9.17, 15) is 18.0 Å². The number of para-hydroxylation sites is 1. The molecule has 0 unspecified atom stereocenters. The van der Waals surface area contributed by atoms with E-state index in [-0.39, 0.29) is 44.3 Å². The third-order valence-electron chi connectivity index (χ3n) is 5.63. The highest BCUT2D eigenvalue weighted by Gasteiger charge is 2.32. The zero-order valence-electron chi connectivity index (χ0n) is 17.2. The lowest BCUT2D eigenvalue weighted by atomic mass is 9.95. The number of piperidine rings is 1. The van der Waals surface area contributed by atoms with Crippen molar-refractivity contribution in [3.05, 3.63) is 58.1 Å². The van der Waals surface area contributed by atoms with Crippen LogP contribution in [0.1, 0.15) is 36.0 Å². The third kappa shape index (κ3) is 5.26. The first-order valence-corrected chi connectivity index (χ1v) is 12.6. The van der Waals surface area contributed by atoms with E-state index in [2.05, 4.69) is 10.0 Å². The molecular formula is C22H23Cl2N3O4S. The Balaban J connectivity index is 1.44. The Kier molecular flexibility index (Phi) is 6.76. The Hall–Kier alpha value is -2.13. The third-order valence-corrected chi connectivity index (χ3v) is 7.93. The lowest BCUT2D eigenvalue weighted by molar-refractivity contribution is -0.121. The van der Waals surface area contributed by atoms with Gasteiger partial charge in [-0.3, -0.25) is 9.59 Å². The minimum Gasteiger partial charge on any atom is -0.339 e. The number of halogens is 2. The number of amides is 2. The number of hydrogen-bond acceptors (Lipinski definition) is 4. The topological polar surface area (TPSA) is 95.6 Å². The zero-order valence-corrected chi connectivity index (χ0v) is 19.5. The van der Waals surface area contributed by atoms with Crippen LogP contribution < -0.4 is 10.0 Å². The monoisotopic (exact) mass is 495 g/mol. The number of rotatable bonds is 6. The molecule has 0 bridgehead atoms. The summed E-state index contributed by atoms with van der Waals surface area (Å²) in [5, 5.41) is 2.96. The minimum atomic E-state index is -3.85. The van der Waals surface area contributed by atoms with Gasteiger partial charge in [-0.1, -0.05) is 41.4 Å². The fourth-order valence-corrected chi connectivity index (χ4v) is 5.82. The normalized spacial score (nSPS) is 17.2. The van der Waals surface area contributed by atoms with Gasteiger partial charge < -0.3 is 10.2 Å². The summed E-state index contributed by atoms with van der Waals surface area (Å²) in [6.45, 7) is 0.736. The van der Waals surface area contributed by atoms with Crippen molar-refractivity contribution in [2.24, 2.45) is 5.92 Å². The molecule has 170 valence electrons. The summed E-state index contributed by atoms with van der Waals surface area (Å²) in [7, 11) is -3.85. The number of likely N-dealkylation sites (tertiary alicyclic amines) is 1. The molecule has 0 atom stereocenters. The molecular weight excluding hydrogens is 473 g/mol. The molecule has 1 aliphatic heterocycles. The number of nitrogens with one attached hydrogen (secondary N) is 2. The molecule has 2 aliphatic rings. The van der Waals surface area contributed by atoms with Crippen molar-refractivity contribution in [3.8, 4) is 0 Å². The van der Waals surface area contributed by atoms with Crippen LogP contribution in [-0.2, 0) is 14.8 Å². The van der Waals surface area contributed by atoms with E-state index in [1.165, 1.54) is 12.1 Å². The molecule has 1 saturated carbocycles. The summed E-state index contributed by atoms with van der Waals surface area (Å²) < 4.78 is 27.8. The smallest absolute Gasteiger partial charge is 0.255 e. The Morgan fingerprint density at radius 1 is 0.938 bits per heavy atom. The first kappa shape index (κ1) is 23.0. The van der Waals surface area contributed by atoms with Crippen LogP contribution in [0.3, 0.4) is 0 Å². The van der Waals surface area contributed by atoms with Crippen molar-refractivity contribution in [2.45, 2.75) is 36.6 Å². The van der Waals surface area contributed by atoms with Gasteiger partial charge in [0.15, 0.2) is 0 Å². The number of hydrogen-bond donors (Lipinski definition) is 2. The van der Waals surface area contributed by atoms with E-state index in [0.717, 1.165) is 18.5 Å². The van der Waals surface area contributed by atoms with Gasteiger partial charge in [-0.2, -0.15) is 0 Å². The fourth-order valence-electron chi connectivity index (χ4n) is 3.66. The average molecular weight is 496 g/mol. The molecule has 2 aromatic rings.